The van der Waals surface area contributed by atoms with Gasteiger partial charge in [0.25, 0.3) is 8.32 Å². The summed E-state index contributed by atoms with van der Waals surface area (Å²) in [5.74, 6) is 0.882. The van der Waals surface area contributed by atoms with Crippen LogP contribution in [0.25, 0.3) is 0 Å². The second-order valence-electron chi connectivity index (χ2n) is 6.72. The summed E-state index contributed by atoms with van der Waals surface area (Å²) in [7, 11) is -1.78. The lowest BCUT2D eigenvalue weighted by atomic mass is 10.2. The van der Waals surface area contributed by atoms with Crippen LogP contribution in [0.5, 0.6) is 5.75 Å². The second kappa shape index (κ2) is 5.44. The zero-order valence-electron chi connectivity index (χ0n) is 13.1. The predicted molar refractivity (Wildman–Crippen MR) is 85.6 cm³/mol. The van der Waals surface area contributed by atoms with E-state index in [9.17, 15) is 0 Å². The molecule has 0 atom stereocenters. The van der Waals surface area contributed by atoms with Crippen LogP contribution >= 0.6 is 0 Å². The van der Waals surface area contributed by atoms with Crippen molar-refractivity contribution in [1.82, 2.24) is 9.78 Å². The van der Waals surface area contributed by atoms with Crippen molar-refractivity contribution in [3.63, 3.8) is 0 Å². The number of hydrogen-bond donors (Lipinski definition) is 0. The highest BCUT2D eigenvalue weighted by molar-refractivity contribution is 6.74. The summed E-state index contributed by atoms with van der Waals surface area (Å²) in [6, 6.07) is 10.3. The van der Waals surface area contributed by atoms with Crippen LogP contribution in [0, 0.1) is 0 Å². The van der Waals surface area contributed by atoms with Gasteiger partial charge in [-0.25, -0.2) is 0 Å². The summed E-state index contributed by atoms with van der Waals surface area (Å²) >= 11 is 0. The van der Waals surface area contributed by atoms with Gasteiger partial charge in [-0.05, 0) is 23.7 Å². The standard InChI is InChI=1S/C16H24N2OSi/c1-16(2,3)20(4,5)19-15-11-17-18(13-15)12-14-9-7-6-8-10-14/h6-11,13H,12H2,1-5H3. The summed E-state index contributed by atoms with van der Waals surface area (Å²) in [5, 5.41) is 4.59. The molecule has 0 saturated heterocycles. The molecule has 3 nitrogen and oxygen atoms in total. The Bertz CT molecular complexity index is 555. The van der Waals surface area contributed by atoms with Gasteiger partial charge in [0.2, 0.25) is 0 Å². The Balaban J connectivity index is 2.06. The average molecular weight is 288 g/mol. The van der Waals surface area contributed by atoms with Gasteiger partial charge < -0.3 is 4.43 Å². The summed E-state index contributed by atoms with van der Waals surface area (Å²) in [6.07, 6.45) is 3.82. The molecule has 0 unspecified atom stereocenters. The molecule has 0 fully saturated rings. The highest BCUT2D eigenvalue weighted by Gasteiger charge is 2.39. The van der Waals surface area contributed by atoms with Crippen LogP contribution < -0.4 is 4.43 Å². The Morgan fingerprint density at radius 1 is 1.15 bits per heavy atom. The summed E-state index contributed by atoms with van der Waals surface area (Å²) in [6.45, 7) is 12.0. The molecule has 0 radical (unpaired) electrons. The van der Waals surface area contributed by atoms with Crippen molar-refractivity contribution in [2.45, 2.75) is 45.4 Å². The third-order valence-electron chi connectivity index (χ3n) is 3.98. The zero-order chi connectivity index (χ0) is 14.8. The molecule has 1 heterocycles. The first-order valence-electron chi connectivity index (χ1n) is 7.03. The van der Waals surface area contributed by atoms with Crippen molar-refractivity contribution in [3.05, 3.63) is 48.3 Å². The molecule has 2 rings (SSSR count). The quantitative estimate of drug-likeness (QED) is 0.784. The van der Waals surface area contributed by atoms with Gasteiger partial charge in [-0.2, -0.15) is 5.10 Å². The minimum atomic E-state index is -1.78. The Kier molecular flexibility index (Phi) is 4.04. The maximum absolute atomic E-state index is 6.24. The van der Waals surface area contributed by atoms with Gasteiger partial charge in [-0.3, -0.25) is 4.68 Å². The van der Waals surface area contributed by atoms with Crippen LogP contribution in [-0.2, 0) is 6.54 Å². The molecular formula is C16H24N2OSi. The molecule has 0 bridgehead atoms. The van der Waals surface area contributed by atoms with Gasteiger partial charge in [0.15, 0.2) is 0 Å². The van der Waals surface area contributed by atoms with Gasteiger partial charge in [-0.15, -0.1) is 0 Å². The van der Waals surface area contributed by atoms with Crippen LogP contribution in [0.4, 0.5) is 0 Å². The lowest BCUT2D eigenvalue weighted by Gasteiger charge is -2.35. The third-order valence-corrected chi connectivity index (χ3v) is 8.33. The first-order valence-corrected chi connectivity index (χ1v) is 9.94. The number of nitrogens with zero attached hydrogens (tertiary/aromatic N) is 2. The molecule has 0 aliphatic carbocycles. The molecule has 108 valence electrons. The van der Waals surface area contributed by atoms with E-state index in [1.165, 1.54) is 5.56 Å². The largest absolute Gasteiger partial charge is 0.541 e. The predicted octanol–water partition coefficient (Wildman–Crippen LogP) is 4.32. The monoisotopic (exact) mass is 288 g/mol. The fourth-order valence-corrected chi connectivity index (χ4v) is 2.70. The molecule has 0 aliphatic heterocycles. The summed E-state index contributed by atoms with van der Waals surface area (Å²) in [5.41, 5.74) is 1.24. The van der Waals surface area contributed by atoms with Crippen LogP contribution in [0.3, 0.4) is 0 Å². The fourth-order valence-electron chi connectivity index (χ4n) is 1.70. The molecule has 20 heavy (non-hydrogen) atoms. The molecule has 0 N–H and O–H groups in total. The number of hydrogen-bond acceptors (Lipinski definition) is 2. The maximum Gasteiger partial charge on any atom is 0.250 e. The van der Waals surface area contributed by atoms with E-state index in [0.717, 1.165) is 12.3 Å². The van der Waals surface area contributed by atoms with Gasteiger partial charge in [0.05, 0.1) is 18.9 Å². The van der Waals surface area contributed by atoms with Crippen molar-refractivity contribution in [1.29, 1.82) is 0 Å². The fraction of sp³-hybridized carbons (Fsp3) is 0.438. The molecule has 4 heteroatoms. The zero-order valence-corrected chi connectivity index (χ0v) is 14.1. The molecule has 0 spiro atoms. The summed E-state index contributed by atoms with van der Waals surface area (Å²) < 4.78 is 8.17. The molecule has 0 saturated carbocycles. The van der Waals surface area contributed by atoms with Crippen LogP contribution in [0.2, 0.25) is 18.1 Å². The van der Waals surface area contributed by atoms with E-state index in [1.807, 2.05) is 35.3 Å². The molecule has 2 aromatic rings. The summed E-state index contributed by atoms with van der Waals surface area (Å²) in [4.78, 5) is 0. The Morgan fingerprint density at radius 3 is 2.40 bits per heavy atom. The first-order chi connectivity index (χ1) is 9.28. The lowest BCUT2D eigenvalue weighted by Crippen LogP contribution is -2.43. The number of aromatic nitrogens is 2. The normalized spacial score (nSPS) is 12.4. The van der Waals surface area contributed by atoms with Crippen LogP contribution in [0.1, 0.15) is 26.3 Å². The number of rotatable bonds is 4. The van der Waals surface area contributed by atoms with E-state index >= 15 is 0 Å². The van der Waals surface area contributed by atoms with Crippen molar-refractivity contribution in [3.8, 4) is 5.75 Å². The minimum absolute atomic E-state index is 0.203. The van der Waals surface area contributed by atoms with E-state index in [1.54, 1.807) is 0 Å². The van der Waals surface area contributed by atoms with Crippen molar-refractivity contribution >= 4 is 8.32 Å². The Hall–Kier alpha value is -1.55. The Morgan fingerprint density at radius 2 is 1.80 bits per heavy atom. The van der Waals surface area contributed by atoms with Crippen molar-refractivity contribution in [2.75, 3.05) is 0 Å². The van der Waals surface area contributed by atoms with Gasteiger partial charge in [0.1, 0.15) is 5.75 Å². The second-order valence-corrected chi connectivity index (χ2v) is 11.4. The molecule has 0 amide bonds. The number of benzene rings is 1. The maximum atomic E-state index is 6.24. The molecule has 1 aromatic carbocycles. The van der Waals surface area contributed by atoms with Gasteiger partial charge in [-0.1, -0.05) is 51.1 Å². The highest BCUT2D eigenvalue weighted by Crippen LogP contribution is 2.37. The lowest BCUT2D eigenvalue weighted by molar-refractivity contribution is 0.491. The van der Waals surface area contributed by atoms with E-state index in [-0.39, 0.29) is 5.04 Å². The molecular weight excluding hydrogens is 264 g/mol. The Labute approximate surface area is 122 Å². The van der Waals surface area contributed by atoms with E-state index in [2.05, 4.69) is 51.1 Å². The molecule has 0 aliphatic rings. The van der Waals surface area contributed by atoms with Crippen LogP contribution in [0.15, 0.2) is 42.7 Å². The first kappa shape index (κ1) is 14.8. The van der Waals surface area contributed by atoms with Gasteiger partial charge >= 0.3 is 0 Å². The van der Waals surface area contributed by atoms with E-state index in [4.69, 9.17) is 4.43 Å². The highest BCUT2D eigenvalue weighted by atomic mass is 28.4. The average Bonchev–Trinajstić information content (AvgIpc) is 2.75. The SMILES string of the molecule is CC(C)(C)[Si](C)(C)Oc1cnn(Cc2ccccc2)c1. The topological polar surface area (TPSA) is 27.1 Å². The smallest absolute Gasteiger partial charge is 0.250 e. The third kappa shape index (κ3) is 3.51. The van der Waals surface area contributed by atoms with Crippen molar-refractivity contribution < 1.29 is 4.43 Å². The van der Waals surface area contributed by atoms with Crippen molar-refractivity contribution in [2.24, 2.45) is 0 Å². The van der Waals surface area contributed by atoms with E-state index < -0.39 is 8.32 Å². The van der Waals surface area contributed by atoms with E-state index in [0.29, 0.717) is 0 Å². The van der Waals surface area contributed by atoms with Gasteiger partial charge in [0, 0.05) is 0 Å². The van der Waals surface area contributed by atoms with Crippen LogP contribution in [-0.4, -0.2) is 18.1 Å². The minimum Gasteiger partial charge on any atom is -0.541 e. The molecule has 1 aromatic heterocycles.